The predicted molar refractivity (Wildman–Crippen MR) is 106 cm³/mol. The van der Waals surface area contributed by atoms with E-state index in [4.69, 9.17) is 0 Å². The van der Waals surface area contributed by atoms with Gasteiger partial charge in [-0.25, -0.2) is 0 Å². The molecule has 1 unspecified atom stereocenters. The Morgan fingerprint density at radius 3 is 2.38 bits per heavy atom. The summed E-state index contributed by atoms with van der Waals surface area (Å²) < 4.78 is 0. The van der Waals surface area contributed by atoms with Crippen LogP contribution in [0.4, 0.5) is 5.69 Å². The first-order valence-electron chi connectivity index (χ1n) is 8.87. The van der Waals surface area contributed by atoms with Crippen LogP contribution in [0, 0.1) is 0 Å². The molecule has 1 fully saturated rings. The SMILES string of the molecule is CN(CCCc1ccccc1)CC1CCCN1c1ccccc1.Cl. The number of aryl methyl sites for hydroxylation is 1. The summed E-state index contributed by atoms with van der Waals surface area (Å²) in [4.78, 5) is 5.10. The molecule has 1 aliphatic rings. The molecule has 0 radical (unpaired) electrons. The fourth-order valence-corrected chi connectivity index (χ4v) is 3.63. The van der Waals surface area contributed by atoms with E-state index in [0.29, 0.717) is 6.04 Å². The topological polar surface area (TPSA) is 6.48 Å². The number of para-hydroxylation sites is 1. The number of benzene rings is 2. The lowest BCUT2D eigenvalue weighted by atomic mass is 10.1. The van der Waals surface area contributed by atoms with Crippen LogP contribution in [0.5, 0.6) is 0 Å². The minimum Gasteiger partial charge on any atom is -0.367 e. The highest BCUT2D eigenvalue weighted by atomic mass is 35.5. The lowest BCUT2D eigenvalue weighted by Gasteiger charge is -2.30. The second kappa shape index (κ2) is 9.71. The first kappa shape index (κ1) is 18.8. The maximum Gasteiger partial charge on any atom is 0.0417 e. The average molecular weight is 345 g/mol. The van der Waals surface area contributed by atoms with Gasteiger partial charge >= 0.3 is 0 Å². The highest BCUT2D eigenvalue weighted by Gasteiger charge is 2.25. The van der Waals surface area contributed by atoms with Gasteiger partial charge < -0.3 is 9.80 Å². The summed E-state index contributed by atoms with van der Waals surface area (Å²) in [6.07, 6.45) is 5.05. The Bertz CT molecular complexity index is 573. The Labute approximate surface area is 152 Å². The number of rotatable bonds is 7. The van der Waals surface area contributed by atoms with Crippen LogP contribution in [0.3, 0.4) is 0 Å². The fourth-order valence-electron chi connectivity index (χ4n) is 3.63. The Kier molecular flexibility index (Phi) is 7.61. The van der Waals surface area contributed by atoms with E-state index in [1.807, 2.05) is 0 Å². The molecule has 1 heterocycles. The lowest BCUT2D eigenvalue weighted by Crippen LogP contribution is -2.39. The van der Waals surface area contributed by atoms with Gasteiger partial charge in [-0.15, -0.1) is 12.4 Å². The van der Waals surface area contributed by atoms with Crippen LogP contribution in [0.25, 0.3) is 0 Å². The number of hydrogen-bond acceptors (Lipinski definition) is 2. The molecule has 1 aliphatic heterocycles. The van der Waals surface area contributed by atoms with Crippen molar-refractivity contribution >= 4 is 18.1 Å². The third-order valence-corrected chi connectivity index (χ3v) is 4.84. The van der Waals surface area contributed by atoms with Gasteiger partial charge in [-0.2, -0.15) is 0 Å². The zero-order chi connectivity index (χ0) is 15.9. The number of nitrogens with zero attached hydrogens (tertiary/aromatic N) is 2. The van der Waals surface area contributed by atoms with Crippen LogP contribution in [-0.2, 0) is 6.42 Å². The van der Waals surface area contributed by atoms with E-state index in [9.17, 15) is 0 Å². The zero-order valence-corrected chi connectivity index (χ0v) is 15.4. The van der Waals surface area contributed by atoms with Gasteiger partial charge in [-0.1, -0.05) is 48.5 Å². The van der Waals surface area contributed by atoms with Crippen LogP contribution < -0.4 is 4.90 Å². The molecule has 1 atom stereocenters. The van der Waals surface area contributed by atoms with Gasteiger partial charge in [-0.3, -0.25) is 0 Å². The van der Waals surface area contributed by atoms with Crippen molar-refractivity contribution in [3.63, 3.8) is 0 Å². The highest BCUT2D eigenvalue weighted by Crippen LogP contribution is 2.25. The number of likely N-dealkylation sites (N-methyl/N-ethyl adjacent to an activating group) is 1. The predicted octanol–water partition coefficient (Wildman–Crippen LogP) is 4.64. The third kappa shape index (κ3) is 5.25. The van der Waals surface area contributed by atoms with Crippen molar-refractivity contribution < 1.29 is 0 Å². The minimum absolute atomic E-state index is 0. The van der Waals surface area contributed by atoms with Gasteiger partial charge in [0.05, 0.1) is 0 Å². The molecule has 0 aromatic heterocycles. The van der Waals surface area contributed by atoms with Crippen LogP contribution in [0.2, 0.25) is 0 Å². The molecule has 0 spiro atoms. The quantitative estimate of drug-likeness (QED) is 0.721. The molecular weight excluding hydrogens is 316 g/mol. The Morgan fingerprint density at radius 1 is 1.00 bits per heavy atom. The van der Waals surface area contributed by atoms with E-state index in [2.05, 4.69) is 77.5 Å². The van der Waals surface area contributed by atoms with Gasteiger partial charge in [0, 0.05) is 24.8 Å². The van der Waals surface area contributed by atoms with Crippen molar-refractivity contribution in [2.24, 2.45) is 0 Å². The van der Waals surface area contributed by atoms with Gasteiger partial charge in [0.1, 0.15) is 0 Å². The van der Waals surface area contributed by atoms with Crippen LogP contribution in [0.15, 0.2) is 60.7 Å². The van der Waals surface area contributed by atoms with Crippen LogP contribution >= 0.6 is 12.4 Å². The molecule has 2 aromatic rings. The second-order valence-electron chi connectivity index (χ2n) is 6.68. The average Bonchev–Trinajstić information content (AvgIpc) is 3.05. The molecular formula is C21H29ClN2. The second-order valence-corrected chi connectivity index (χ2v) is 6.68. The maximum absolute atomic E-state index is 2.59. The lowest BCUT2D eigenvalue weighted by molar-refractivity contribution is 0.306. The normalized spacial score (nSPS) is 17.1. The van der Waals surface area contributed by atoms with E-state index < -0.39 is 0 Å². The summed E-state index contributed by atoms with van der Waals surface area (Å²) >= 11 is 0. The zero-order valence-electron chi connectivity index (χ0n) is 14.6. The molecule has 2 nitrogen and oxygen atoms in total. The number of anilines is 1. The highest BCUT2D eigenvalue weighted by molar-refractivity contribution is 5.85. The van der Waals surface area contributed by atoms with E-state index >= 15 is 0 Å². The van der Waals surface area contributed by atoms with Crippen molar-refractivity contribution in [3.8, 4) is 0 Å². The minimum atomic E-state index is 0. The molecule has 0 aliphatic carbocycles. The van der Waals surface area contributed by atoms with Gasteiger partial charge in [0.15, 0.2) is 0 Å². The summed E-state index contributed by atoms with van der Waals surface area (Å²) in [6.45, 7) is 3.55. The Balaban J connectivity index is 0.00000208. The summed E-state index contributed by atoms with van der Waals surface area (Å²) in [5.41, 5.74) is 2.83. The standard InChI is InChI=1S/C21H28N2.ClH/c1-22(16-8-12-19-10-4-2-5-11-19)18-21-15-9-17-23(21)20-13-6-3-7-14-20;/h2-7,10-11,13-14,21H,8-9,12,15-18H2,1H3;1H. The maximum atomic E-state index is 2.59. The molecule has 130 valence electrons. The van der Waals surface area contributed by atoms with E-state index in [1.165, 1.54) is 56.6 Å². The van der Waals surface area contributed by atoms with E-state index in [-0.39, 0.29) is 12.4 Å². The van der Waals surface area contributed by atoms with Crippen molar-refractivity contribution in [1.29, 1.82) is 0 Å². The summed E-state index contributed by atoms with van der Waals surface area (Å²) in [5, 5.41) is 0. The largest absolute Gasteiger partial charge is 0.367 e. The smallest absolute Gasteiger partial charge is 0.0417 e. The fraction of sp³-hybridized carbons (Fsp3) is 0.429. The molecule has 0 bridgehead atoms. The molecule has 24 heavy (non-hydrogen) atoms. The molecule has 0 N–H and O–H groups in total. The van der Waals surface area contributed by atoms with Gasteiger partial charge in [0.25, 0.3) is 0 Å². The Morgan fingerprint density at radius 2 is 1.67 bits per heavy atom. The van der Waals surface area contributed by atoms with Crippen molar-refractivity contribution in [1.82, 2.24) is 4.90 Å². The van der Waals surface area contributed by atoms with Crippen molar-refractivity contribution in [3.05, 3.63) is 66.2 Å². The van der Waals surface area contributed by atoms with Crippen LogP contribution in [-0.4, -0.2) is 37.6 Å². The number of hydrogen-bond donors (Lipinski definition) is 0. The summed E-state index contributed by atoms with van der Waals surface area (Å²) in [5.74, 6) is 0. The van der Waals surface area contributed by atoms with Crippen molar-refractivity contribution in [2.75, 3.05) is 31.6 Å². The third-order valence-electron chi connectivity index (χ3n) is 4.84. The molecule has 0 amide bonds. The summed E-state index contributed by atoms with van der Waals surface area (Å²) in [6, 6.07) is 22.4. The van der Waals surface area contributed by atoms with Crippen LogP contribution in [0.1, 0.15) is 24.8 Å². The molecule has 1 saturated heterocycles. The molecule has 0 saturated carbocycles. The molecule has 3 rings (SSSR count). The Hall–Kier alpha value is -1.51. The van der Waals surface area contributed by atoms with E-state index in [1.54, 1.807) is 0 Å². The molecule has 2 aromatic carbocycles. The summed E-state index contributed by atoms with van der Waals surface area (Å²) in [7, 11) is 2.27. The van der Waals surface area contributed by atoms with Gasteiger partial charge in [0.2, 0.25) is 0 Å². The van der Waals surface area contributed by atoms with E-state index in [0.717, 1.165) is 0 Å². The monoisotopic (exact) mass is 344 g/mol. The first-order chi connectivity index (χ1) is 11.3. The molecule has 3 heteroatoms. The first-order valence-corrected chi connectivity index (χ1v) is 8.87. The van der Waals surface area contributed by atoms with Gasteiger partial charge in [-0.05, 0) is 57.0 Å². The number of halogens is 1. The van der Waals surface area contributed by atoms with Crippen molar-refractivity contribution in [2.45, 2.75) is 31.7 Å².